The smallest absolute Gasteiger partial charge is 0.241 e. The van der Waals surface area contributed by atoms with E-state index in [-0.39, 0.29) is 5.41 Å². The molecule has 2 aromatic rings. The van der Waals surface area contributed by atoms with Crippen LogP contribution in [0.1, 0.15) is 76.3 Å². The molecule has 6 heteroatoms. The van der Waals surface area contributed by atoms with Gasteiger partial charge in [0.25, 0.3) is 0 Å². The highest BCUT2D eigenvalue weighted by Crippen LogP contribution is 2.44. The molecule has 0 radical (unpaired) electrons. The number of aliphatic hydroxyl groups is 1. The van der Waals surface area contributed by atoms with Crippen LogP contribution in [0, 0.1) is 34.6 Å². The molecule has 1 aliphatic rings. The molecule has 1 atom stereocenters. The molecular weight excluding hydrogens is 402 g/mol. The average molecular weight is 436 g/mol. The molecule has 1 aliphatic carbocycles. The summed E-state index contributed by atoms with van der Waals surface area (Å²) in [5, 5.41) is 9.91. The van der Waals surface area contributed by atoms with E-state index in [1.54, 1.807) is 18.3 Å². The lowest BCUT2D eigenvalue weighted by molar-refractivity contribution is 0.203. The summed E-state index contributed by atoms with van der Waals surface area (Å²) in [6.45, 7) is 12.0. The fourth-order valence-electron chi connectivity index (χ4n) is 4.60. The molecule has 160 valence electrons. The van der Waals surface area contributed by atoms with Crippen molar-refractivity contribution >= 4 is 21.4 Å². The second-order valence-electron chi connectivity index (χ2n) is 8.64. The van der Waals surface area contributed by atoms with E-state index in [4.69, 9.17) is 0 Å². The predicted molar refractivity (Wildman–Crippen MR) is 120 cm³/mol. The second-order valence-corrected chi connectivity index (χ2v) is 11.5. The van der Waals surface area contributed by atoms with Crippen LogP contribution in [-0.4, -0.2) is 20.1 Å². The van der Waals surface area contributed by atoms with Crippen LogP contribution >= 0.6 is 11.3 Å². The molecule has 1 saturated carbocycles. The maximum atomic E-state index is 13.4. The molecule has 3 rings (SSSR count). The molecule has 1 aromatic carbocycles. The van der Waals surface area contributed by atoms with Crippen molar-refractivity contribution in [2.75, 3.05) is 6.54 Å². The van der Waals surface area contributed by atoms with Gasteiger partial charge in [0.1, 0.15) is 0 Å². The molecule has 0 saturated heterocycles. The molecule has 1 fully saturated rings. The molecule has 0 aliphatic heterocycles. The van der Waals surface area contributed by atoms with Gasteiger partial charge >= 0.3 is 0 Å². The van der Waals surface area contributed by atoms with Crippen LogP contribution in [0.15, 0.2) is 17.0 Å². The Morgan fingerprint density at radius 1 is 1.00 bits per heavy atom. The van der Waals surface area contributed by atoms with E-state index in [0.717, 1.165) is 58.4 Å². The Labute approximate surface area is 179 Å². The zero-order valence-electron chi connectivity index (χ0n) is 18.3. The normalized spacial score (nSPS) is 17.6. The highest BCUT2D eigenvalue weighted by atomic mass is 32.2. The van der Waals surface area contributed by atoms with Crippen LogP contribution in [0.25, 0.3) is 0 Å². The summed E-state index contributed by atoms with van der Waals surface area (Å²) in [4.78, 5) is 2.55. The molecule has 2 N–H and O–H groups in total. The number of aliphatic hydroxyl groups excluding tert-OH is 1. The quantitative estimate of drug-likeness (QED) is 0.661. The van der Waals surface area contributed by atoms with Crippen LogP contribution in [0.5, 0.6) is 0 Å². The van der Waals surface area contributed by atoms with Gasteiger partial charge in [0.15, 0.2) is 0 Å². The summed E-state index contributed by atoms with van der Waals surface area (Å²) in [7, 11) is -3.62. The lowest BCUT2D eigenvalue weighted by atomic mass is 9.85. The summed E-state index contributed by atoms with van der Waals surface area (Å²) in [5.74, 6) is 0. The van der Waals surface area contributed by atoms with Crippen molar-refractivity contribution < 1.29 is 13.5 Å². The van der Waals surface area contributed by atoms with Gasteiger partial charge in [-0.3, -0.25) is 0 Å². The SMILES string of the molecule is Cc1c(C)c(C)c(S(=O)(=O)NCC2(c3ccc(C(C)O)s3)CCCC2)c(C)c1C. The van der Waals surface area contributed by atoms with E-state index in [2.05, 4.69) is 17.7 Å². The molecule has 0 bridgehead atoms. The van der Waals surface area contributed by atoms with E-state index in [0.29, 0.717) is 11.4 Å². The van der Waals surface area contributed by atoms with Crippen molar-refractivity contribution in [2.45, 2.75) is 83.6 Å². The lowest BCUT2D eigenvalue weighted by Crippen LogP contribution is -2.39. The molecular formula is C23H33NO3S2. The van der Waals surface area contributed by atoms with Gasteiger partial charge in [-0.05, 0) is 94.3 Å². The molecule has 1 aromatic heterocycles. The van der Waals surface area contributed by atoms with Gasteiger partial charge in [-0.1, -0.05) is 12.8 Å². The first-order valence-corrected chi connectivity index (χ1v) is 12.6. The highest BCUT2D eigenvalue weighted by Gasteiger charge is 2.38. The highest BCUT2D eigenvalue weighted by molar-refractivity contribution is 7.89. The fourth-order valence-corrected chi connectivity index (χ4v) is 7.51. The fraction of sp³-hybridized carbons (Fsp3) is 0.565. The first kappa shape index (κ1) is 22.5. The van der Waals surface area contributed by atoms with Crippen molar-refractivity contribution in [3.8, 4) is 0 Å². The summed E-state index contributed by atoms with van der Waals surface area (Å²) >= 11 is 1.61. The molecule has 4 nitrogen and oxygen atoms in total. The summed E-state index contributed by atoms with van der Waals surface area (Å²) in [6, 6.07) is 4.04. The topological polar surface area (TPSA) is 66.4 Å². The number of hydrogen-bond donors (Lipinski definition) is 2. The van der Waals surface area contributed by atoms with E-state index >= 15 is 0 Å². The lowest BCUT2D eigenvalue weighted by Gasteiger charge is -2.29. The molecule has 1 unspecified atom stereocenters. The van der Waals surface area contributed by atoms with Crippen LogP contribution in [0.2, 0.25) is 0 Å². The molecule has 1 heterocycles. The standard InChI is InChI=1S/C23H33NO3S2/c1-14-15(2)17(4)22(18(5)16(14)3)29(26,27)24-13-23(11-7-8-12-23)21-10-9-20(28-21)19(6)25/h9-10,19,24-25H,7-8,11-13H2,1-6H3. The van der Waals surface area contributed by atoms with Crippen molar-refractivity contribution in [3.63, 3.8) is 0 Å². The molecule has 0 amide bonds. The van der Waals surface area contributed by atoms with Crippen molar-refractivity contribution in [3.05, 3.63) is 49.7 Å². The largest absolute Gasteiger partial charge is 0.388 e. The molecule has 29 heavy (non-hydrogen) atoms. The number of sulfonamides is 1. The third kappa shape index (κ3) is 4.05. The van der Waals surface area contributed by atoms with Gasteiger partial charge < -0.3 is 5.11 Å². The number of benzene rings is 1. The number of rotatable bonds is 6. The van der Waals surface area contributed by atoms with Crippen LogP contribution < -0.4 is 4.72 Å². The predicted octanol–water partition coefficient (Wildman–Crippen LogP) is 5.13. The minimum Gasteiger partial charge on any atom is -0.388 e. The monoisotopic (exact) mass is 435 g/mol. The summed E-state index contributed by atoms with van der Waals surface area (Å²) < 4.78 is 29.7. The van der Waals surface area contributed by atoms with E-state index < -0.39 is 16.1 Å². The Bertz CT molecular complexity index is 984. The van der Waals surface area contributed by atoms with Gasteiger partial charge in [0.05, 0.1) is 11.0 Å². The third-order valence-corrected chi connectivity index (χ3v) is 10.1. The number of nitrogens with one attached hydrogen (secondary N) is 1. The Morgan fingerprint density at radius 2 is 1.52 bits per heavy atom. The Morgan fingerprint density at radius 3 is 2.00 bits per heavy atom. The van der Waals surface area contributed by atoms with Crippen LogP contribution in [0.4, 0.5) is 0 Å². The summed E-state index contributed by atoms with van der Waals surface area (Å²) in [5.41, 5.74) is 4.75. The second kappa shape index (κ2) is 8.14. The van der Waals surface area contributed by atoms with Gasteiger partial charge in [-0.15, -0.1) is 11.3 Å². The van der Waals surface area contributed by atoms with E-state index in [1.807, 2.05) is 33.8 Å². The molecule has 0 spiro atoms. The zero-order valence-corrected chi connectivity index (χ0v) is 20.0. The van der Waals surface area contributed by atoms with E-state index in [1.165, 1.54) is 4.88 Å². The first-order valence-electron chi connectivity index (χ1n) is 10.3. The maximum absolute atomic E-state index is 13.4. The first-order chi connectivity index (χ1) is 13.5. The van der Waals surface area contributed by atoms with E-state index in [9.17, 15) is 13.5 Å². The van der Waals surface area contributed by atoms with Crippen LogP contribution in [-0.2, 0) is 15.4 Å². The number of thiophene rings is 1. The van der Waals surface area contributed by atoms with Crippen LogP contribution in [0.3, 0.4) is 0 Å². The summed E-state index contributed by atoms with van der Waals surface area (Å²) in [6.07, 6.45) is 3.65. The third-order valence-electron chi connectivity index (χ3n) is 6.92. The van der Waals surface area contributed by atoms with Gasteiger partial charge in [-0.2, -0.15) is 0 Å². The Hall–Kier alpha value is -1.21. The van der Waals surface area contributed by atoms with Gasteiger partial charge in [0, 0.05) is 21.7 Å². The average Bonchev–Trinajstić information content (AvgIpc) is 3.33. The van der Waals surface area contributed by atoms with Gasteiger partial charge in [-0.25, -0.2) is 13.1 Å². The van der Waals surface area contributed by atoms with Crippen molar-refractivity contribution in [1.82, 2.24) is 4.72 Å². The van der Waals surface area contributed by atoms with Crippen molar-refractivity contribution in [2.24, 2.45) is 0 Å². The van der Waals surface area contributed by atoms with Gasteiger partial charge in [0.2, 0.25) is 10.0 Å². The maximum Gasteiger partial charge on any atom is 0.241 e. The zero-order chi connectivity index (χ0) is 21.6. The minimum atomic E-state index is -3.62. The number of hydrogen-bond acceptors (Lipinski definition) is 4. The Kier molecular flexibility index (Phi) is 6.31. The minimum absolute atomic E-state index is 0.179. The Balaban J connectivity index is 1.94. The van der Waals surface area contributed by atoms with Crippen molar-refractivity contribution in [1.29, 1.82) is 0 Å².